The number of carboxylic acids is 1. The van der Waals surface area contributed by atoms with Crippen LogP contribution in [0.4, 0.5) is 0 Å². The van der Waals surface area contributed by atoms with Crippen molar-refractivity contribution in [3.63, 3.8) is 0 Å². The van der Waals surface area contributed by atoms with E-state index in [9.17, 15) is 19.5 Å². The summed E-state index contributed by atoms with van der Waals surface area (Å²) in [5.41, 5.74) is 1.38. The molecule has 3 atom stereocenters. The van der Waals surface area contributed by atoms with Crippen molar-refractivity contribution in [2.45, 2.75) is 36.8 Å². The SMILES string of the molecule is O=C(Cc1ccccc1)N[C@@H]1C(=O)N2C(C(=O)[O-])=C([C@@H]3CCCO3)CS[C@H]12.[Na+]. The maximum atomic E-state index is 12.6. The number of rotatable bonds is 5. The van der Waals surface area contributed by atoms with Gasteiger partial charge in [-0.25, -0.2) is 0 Å². The summed E-state index contributed by atoms with van der Waals surface area (Å²) in [6, 6.07) is 8.53. The topological polar surface area (TPSA) is 98.8 Å². The van der Waals surface area contributed by atoms with Crippen LogP contribution in [-0.2, 0) is 25.5 Å². The van der Waals surface area contributed by atoms with Crippen molar-refractivity contribution in [2.75, 3.05) is 12.4 Å². The second-order valence-corrected chi connectivity index (χ2v) is 7.89. The van der Waals surface area contributed by atoms with Crippen LogP contribution in [0.1, 0.15) is 18.4 Å². The van der Waals surface area contributed by atoms with Gasteiger partial charge in [-0.3, -0.25) is 14.5 Å². The zero-order valence-electron chi connectivity index (χ0n) is 15.6. The Morgan fingerprint density at radius 3 is 2.68 bits per heavy atom. The first-order valence-corrected chi connectivity index (χ1v) is 9.95. The number of benzene rings is 1. The van der Waals surface area contributed by atoms with E-state index in [0.29, 0.717) is 17.9 Å². The van der Waals surface area contributed by atoms with Crippen LogP contribution in [0.15, 0.2) is 41.6 Å². The van der Waals surface area contributed by atoms with Crippen LogP contribution in [0.3, 0.4) is 0 Å². The summed E-state index contributed by atoms with van der Waals surface area (Å²) in [7, 11) is 0. The van der Waals surface area contributed by atoms with Gasteiger partial charge in [-0.2, -0.15) is 0 Å². The van der Waals surface area contributed by atoms with Crippen LogP contribution >= 0.6 is 11.8 Å². The van der Waals surface area contributed by atoms with Crippen LogP contribution in [0, 0.1) is 0 Å². The third-order valence-electron chi connectivity index (χ3n) is 5.03. The summed E-state index contributed by atoms with van der Waals surface area (Å²) in [6.45, 7) is 0.592. The second-order valence-electron chi connectivity index (χ2n) is 6.78. The average molecular weight is 410 g/mol. The number of hydrogen-bond donors (Lipinski definition) is 1. The number of thioether (sulfide) groups is 1. The average Bonchev–Trinajstić information content (AvgIpc) is 3.20. The van der Waals surface area contributed by atoms with Crippen LogP contribution in [0.2, 0.25) is 0 Å². The number of carbonyl (C=O) groups excluding carboxylic acids is 3. The maximum Gasteiger partial charge on any atom is 1.00 e. The maximum absolute atomic E-state index is 12.6. The molecular weight excluding hydrogens is 391 g/mol. The van der Waals surface area contributed by atoms with Crippen molar-refractivity contribution in [1.29, 1.82) is 0 Å². The van der Waals surface area contributed by atoms with Gasteiger partial charge in [0, 0.05) is 12.4 Å². The third kappa shape index (κ3) is 4.02. The number of carbonyl (C=O) groups is 3. The van der Waals surface area contributed by atoms with E-state index in [4.69, 9.17) is 4.74 Å². The molecule has 0 unspecified atom stereocenters. The van der Waals surface area contributed by atoms with Crippen LogP contribution < -0.4 is 40.0 Å². The number of hydrogen-bond acceptors (Lipinski definition) is 6. The third-order valence-corrected chi connectivity index (χ3v) is 6.34. The van der Waals surface area contributed by atoms with E-state index >= 15 is 0 Å². The summed E-state index contributed by atoms with van der Waals surface area (Å²) in [5.74, 6) is -1.59. The molecule has 142 valence electrons. The van der Waals surface area contributed by atoms with Gasteiger partial charge in [0.25, 0.3) is 5.91 Å². The van der Waals surface area contributed by atoms with E-state index in [2.05, 4.69) is 5.32 Å². The number of amides is 2. The first kappa shape index (κ1) is 21.4. The van der Waals surface area contributed by atoms with Gasteiger partial charge in [0.05, 0.1) is 24.2 Å². The number of carboxylic acid groups (broad SMARTS) is 1. The summed E-state index contributed by atoms with van der Waals surface area (Å²) in [5, 5.41) is 14.0. The fourth-order valence-electron chi connectivity index (χ4n) is 3.74. The molecule has 2 amide bonds. The van der Waals surface area contributed by atoms with Crippen LogP contribution in [0.25, 0.3) is 0 Å². The largest absolute Gasteiger partial charge is 1.00 e. The first-order valence-electron chi connectivity index (χ1n) is 8.90. The molecule has 28 heavy (non-hydrogen) atoms. The monoisotopic (exact) mass is 410 g/mol. The second kappa shape index (κ2) is 9.00. The number of fused-ring (bicyclic) bond motifs is 1. The van der Waals surface area contributed by atoms with Crippen molar-refractivity contribution in [2.24, 2.45) is 0 Å². The predicted octanol–water partition coefficient (Wildman–Crippen LogP) is -3.18. The molecule has 3 aliphatic rings. The van der Waals surface area contributed by atoms with Crippen LogP contribution in [-0.4, -0.2) is 52.6 Å². The molecule has 4 rings (SSSR count). The Hall–Kier alpha value is -1.32. The number of aliphatic carboxylic acids is 1. The van der Waals surface area contributed by atoms with E-state index in [1.165, 1.54) is 16.7 Å². The minimum atomic E-state index is -1.37. The molecule has 0 bridgehead atoms. The molecule has 0 radical (unpaired) electrons. The molecule has 0 aliphatic carbocycles. The van der Waals surface area contributed by atoms with E-state index in [1.54, 1.807) is 0 Å². The molecular formula is C19H19N2NaO5S. The summed E-state index contributed by atoms with van der Waals surface area (Å²) in [6.07, 6.45) is 1.52. The number of nitrogens with one attached hydrogen (secondary N) is 1. The minimum absolute atomic E-state index is 0. The molecule has 0 saturated carbocycles. The van der Waals surface area contributed by atoms with Crippen molar-refractivity contribution >= 4 is 29.5 Å². The Morgan fingerprint density at radius 1 is 1.29 bits per heavy atom. The van der Waals surface area contributed by atoms with Gasteiger partial charge in [0.2, 0.25) is 5.91 Å². The molecule has 2 fully saturated rings. The summed E-state index contributed by atoms with van der Waals surface area (Å²) in [4.78, 5) is 37.8. The first-order chi connectivity index (χ1) is 13.1. The molecule has 0 spiro atoms. The molecule has 3 heterocycles. The van der Waals surface area contributed by atoms with Gasteiger partial charge in [0.15, 0.2) is 0 Å². The molecule has 1 aromatic rings. The van der Waals surface area contributed by atoms with Gasteiger partial charge in [-0.1, -0.05) is 30.3 Å². The fourth-order valence-corrected chi connectivity index (χ4v) is 5.14. The fraction of sp³-hybridized carbons (Fsp3) is 0.421. The van der Waals surface area contributed by atoms with Crippen LogP contribution in [0.5, 0.6) is 0 Å². The Balaban J connectivity index is 0.00000225. The van der Waals surface area contributed by atoms with E-state index in [-0.39, 0.29) is 53.7 Å². The van der Waals surface area contributed by atoms with Gasteiger partial charge >= 0.3 is 29.6 Å². The van der Waals surface area contributed by atoms with Crippen molar-refractivity contribution in [3.05, 3.63) is 47.2 Å². The van der Waals surface area contributed by atoms with E-state index in [1.807, 2.05) is 30.3 Å². The molecule has 7 nitrogen and oxygen atoms in total. The van der Waals surface area contributed by atoms with Crippen molar-refractivity contribution < 1.29 is 53.8 Å². The normalized spacial score (nSPS) is 26.2. The van der Waals surface area contributed by atoms with Crippen molar-refractivity contribution in [1.82, 2.24) is 10.2 Å². The van der Waals surface area contributed by atoms with Gasteiger partial charge < -0.3 is 20.0 Å². The van der Waals surface area contributed by atoms with Gasteiger partial charge in [-0.15, -0.1) is 11.8 Å². The number of ether oxygens (including phenoxy) is 1. The molecule has 1 N–H and O–H groups in total. The van der Waals surface area contributed by atoms with Gasteiger partial charge in [-0.05, 0) is 24.0 Å². The molecule has 1 aromatic carbocycles. The quantitative estimate of drug-likeness (QED) is 0.406. The minimum Gasteiger partial charge on any atom is -0.543 e. The van der Waals surface area contributed by atoms with Gasteiger partial charge in [0.1, 0.15) is 11.4 Å². The molecule has 9 heteroatoms. The summed E-state index contributed by atoms with van der Waals surface area (Å²) >= 11 is 1.45. The van der Waals surface area contributed by atoms with Crippen molar-refractivity contribution in [3.8, 4) is 0 Å². The standard InChI is InChI=1S/C19H20N2O5S.Na/c22-14(9-11-5-2-1-3-6-11)20-15-17(23)21-16(19(24)25)12(10-27-18(15)21)13-7-4-8-26-13;/h1-3,5-6,13,15,18H,4,7-10H2,(H,20,22)(H,24,25);/q;+1/p-1/t13-,15+,18+;/m0./s1. The number of β-lactam (4-membered cyclic amide) rings is 1. The Kier molecular flexibility index (Phi) is 6.88. The summed E-state index contributed by atoms with van der Waals surface area (Å²) < 4.78 is 5.60. The van der Waals surface area contributed by atoms with E-state index in [0.717, 1.165) is 18.4 Å². The number of nitrogens with zero attached hydrogens (tertiary/aromatic N) is 1. The predicted molar refractivity (Wildman–Crippen MR) is 96.2 cm³/mol. The molecule has 3 aliphatic heterocycles. The molecule has 2 saturated heterocycles. The Morgan fingerprint density at radius 2 is 2.04 bits per heavy atom. The zero-order chi connectivity index (χ0) is 19.0. The van der Waals surface area contributed by atoms with E-state index < -0.39 is 23.3 Å². The zero-order valence-corrected chi connectivity index (χ0v) is 18.4. The molecule has 0 aromatic heterocycles. The smallest absolute Gasteiger partial charge is 0.543 e. The Bertz CT molecular complexity index is 810. The Labute approximate surface area is 189 Å².